The van der Waals surface area contributed by atoms with Gasteiger partial charge in [0.15, 0.2) is 10.0 Å². The van der Waals surface area contributed by atoms with E-state index in [0.717, 1.165) is 0 Å². The number of halogens is 2. The first-order valence-corrected chi connectivity index (χ1v) is 6.55. The largest absolute Gasteiger partial charge is 0.465 e. The van der Waals surface area contributed by atoms with Crippen molar-refractivity contribution in [1.29, 1.82) is 5.26 Å². The Balaban J connectivity index is 2.43. The van der Waals surface area contributed by atoms with Crippen LogP contribution in [0, 0.1) is 11.3 Å². The van der Waals surface area contributed by atoms with E-state index in [4.69, 9.17) is 23.2 Å². The van der Waals surface area contributed by atoms with E-state index in [9.17, 15) is 10.1 Å². The fourth-order valence-corrected chi connectivity index (χ4v) is 2.05. The van der Waals surface area contributed by atoms with Crippen molar-refractivity contribution in [2.75, 3.05) is 7.11 Å². The van der Waals surface area contributed by atoms with Gasteiger partial charge in [-0.1, -0.05) is 35.3 Å². The summed E-state index contributed by atoms with van der Waals surface area (Å²) < 4.78 is 4.61. The van der Waals surface area contributed by atoms with Gasteiger partial charge in [0.25, 0.3) is 0 Å². The third-order valence-electron chi connectivity index (χ3n) is 2.84. The molecular formula is C14H9Cl2N3O2. The molecule has 1 unspecified atom stereocenters. The summed E-state index contributed by atoms with van der Waals surface area (Å²) in [6, 6.07) is 11.2. The molecule has 0 saturated carbocycles. The molecule has 0 N–H and O–H groups in total. The lowest BCUT2D eigenvalue weighted by atomic mass is 9.95. The molecular weight excluding hydrogens is 313 g/mol. The van der Waals surface area contributed by atoms with Crippen LogP contribution in [0.5, 0.6) is 0 Å². The number of hydrogen-bond acceptors (Lipinski definition) is 5. The molecule has 0 aliphatic rings. The van der Waals surface area contributed by atoms with Crippen molar-refractivity contribution in [3.05, 3.63) is 58.4 Å². The van der Waals surface area contributed by atoms with Crippen LogP contribution in [-0.2, 0) is 9.61 Å². The highest BCUT2D eigenvalue weighted by molar-refractivity contribution is 6.29. The average molecular weight is 322 g/mol. The molecule has 0 fully saturated rings. The summed E-state index contributed by atoms with van der Waals surface area (Å²) >= 11 is 12.0. The van der Waals surface area contributed by atoms with Crippen LogP contribution >= 0.6 is 23.2 Å². The first kappa shape index (κ1) is 15.2. The monoisotopic (exact) mass is 321 g/mol. The van der Waals surface area contributed by atoms with Crippen LogP contribution in [0.1, 0.15) is 21.6 Å². The van der Waals surface area contributed by atoms with E-state index in [1.165, 1.54) is 31.4 Å². The van der Waals surface area contributed by atoms with Gasteiger partial charge in [0, 0.05) is 0 Å². The average Bonchev–Trinajstić information content (AvgIpc) is 2.54. The molecule has 21 heavy (non-hydrogen) atoms. The summed E-state index contributed by atoms with van der Waals surface area (Å²) in [7, 11) is 1.29. The predicted molar refractivity (Wildman–Crippen MR) is 77.1 cm³/mol. The highest BCUT2D eigenvalue weighted by Gasteiger charge is 2.34. The molecule has 0 radical (unpaired) electrons. The van der Waals surface area contributed by atoms with Crippen molar-refractivity contribution in [1.82, 2.24) is 10.2 Å². The molecule has 1 atom stereocenters. The summed E-state index contributed by atoms with van der Waals surface area (Å²) in [6.45, 7) is 0. The molecule has 106 valence electrons. The molecule has 0 bridgehead atoms. The number of alkyl halides is 1. The molecule has 0 amide bonds. The number of carbonyl (C=O) groups is 1. The SMILES string of the molecule is COC(=O)c1ccc(C(Cl)(C#N)c2ccc(Cl)nn2)cc1. The Labute approximate surface area is 131 Å². The van der Waals surface area contributed by atoms with E-state index in [1.807, 2.05) is 6.07 Å². The molecule has 1 aromatic heterocycles. The molecule has 1 heterocycles. The van der Waals surface area contributed by atoms with Crippen LogP contribution in [0.25, 0.3) is 0 Å². The van der Waals surface area contributed by atoms with Gasteiger partial charge < -0.3 is 4.74 Å². The van der Waals surface area contributed by atoms with Crippen molar-refractivity contribution in [3.8, 4) is 6.07 Å². The van der Waals surface area contributed by atoms with Gasteiger partial charge in [-0.05, 0) is 29.8 Å². The Hall–Kier alpha value is -2.16. The van der Waals surface area contributed by atoms with E-state index in [-0.39, 0.29) is 10.8 Å². The predicted octanol–water partition coefficient (Wildman–Crippen LogP) is 2.92. The number of hydrogen-bond donors (Lipinski definition) is 0. The molecule has 0 spiro atoms. The quantitative estimate of drug-likeness (QED) is 0.641. The van der Waals surface area contributed by atoms with Crippen molar-refractivity contribution in [2.24, 2.45) is 0 Å². The van der Waals surface area contributed by atoms with Gasteiger partial charge in [0.05, 0.1) is 18.7 Å². The number of benzene rings is 1. The second-order valence-corrected chi connectivity index (χ2v) is 5.03. The molecule has 0 aliphatic carbocycles. The third kappa shape index (κ3) is 2.97. The van der Waals surface area contributed by atoms with Gasteiger partial charge in [-0.25, -0.2) is 4.79 Å². The molecule has 0 aliphatic heterocycles. The molecule has 2 rings (SSSR count). The molecule has 5 nitrogen and oxygen atoms in total. The lowest BCUT2D eigenvalue weighted by molar-refractivity contribution is 0.0600. The van der Waals surface area contributed by atoms with Gasteiger partial charge in [0.1, 0.15) is 5.69 Å². The molecule has 0 saturated heterocycles. The Morgan fingerprint density at radius 1 is 1.24 bits per heavy atom. The molecule has 1 aromatic carbocycles. The zero-order valence-corrected chi connectivity index (χ0v) is 12.4. The highest BCUT2D eigenvalue weighted by Crippen LogP contribution is 2.35. The summed E-state index contributed by atoms with van der Waals surface area (Å²) in [5, 5.41) is 17.1. The molecule has 7 heteroatoms. The van der Waals surface area contributed by atoms with E-state index < -0.39 is 10.8 Å². The van der Waals surface area contributed by atoms with Crippen LogP contribution in [0.2, 0.25) is 5.15 Å². The number of nitrogens with zero attached hydrogens (tertiary/aromatic N) is 3. The number of ether oxygens (including phenoxy) is 1. The fraction of sp³-hybridized carbons (Fsp3) is 0.143. The van der Waals surface area contributed by atoms with E-state index in [0.29, 0.717) is 11.1 Å². The maximum Gasteiger partial charge on any atom is 0.337 e. The highest BCUT2D eigenvalue weighted by atomic mass is 35.5. The maximum absolute atomic E-state index is 11.4. The topological polar surface area (TPSA) is 75.9 Å². The van der Waals surface area contributed by atoms with Gasteiger partial charge in [0.2, 0.25) is 0 Å². The Morgan fingerprint density at radius 2 is 1.90 bits per heavy atom. The van der Waals surface area contributed by atoms with Crippen LogP contribution in [-0.4, -0.2) is 23.3 Å². The van der Waals surface area contributed by atoms with E-state index in [2.05, 4.69) is 14.9 Å². The standard InChI is InChI=1S/C14H9Cl2N3O2/c1-21-13(20)9-2-4-10(5-3-9)14(16,8-17)11-6-7-12(15)19-18-11/h2-7H,1H3. The smallest absolute Gasteiger partial charge is 0.337 e. The van der Waals surface area contributed by atoms with Gasteiger partial charge in [-0.3, -0.25) is 0 Å². The van der Waals surface area contributed by atoms with Crippen LogP contribution in [0.15, 0.2) is 36.4 Å². The van der Waals surface area contributed by atoms with Crippen molar-refractivity contribution >= 4 is 29.2 Å². The summed E-state index contributed by atoms with van der Waals surface area (Å²) in [5.41, 5.74) is 1.08. The lowest BCUT2D eigenvalue weighted by Gasteiger charge is -2.18. The van der Waals surface area contributed by atoms with Gasteiger partial charge >= 0.3 is 5.97 Å². The van der Waals surface area contributed by atoms with E-state index in [1.54, 1.807) is 12.1 Å². The Morgan fingerprint density at radius 3 is 2.38 bits per heavy atom. The lowest BCUT2D eigenvalue weighted by Crippen LogP contribution is -2.20. The Kier molecular flexibility index (Phi) is 4.41. The number of methoxy groups -OCH3 is 1. The van der Waals surface area contributed by atoms with Gasteiger partial charge in [-0.15, -0.1) is 5.10 Å². The summed E-state index contributed by atoms with van der Waals surface area (Å²) in [4.78, 5) is 9.89. The van der Waals surface area contributed by atoms with E-state index >= 15 is 0 Å². The van der Waals surface area contributed by atoms with Crippen LogP contribution < -0.4 is 0 Å². The minimum Gasteiger partial charge on any atom is -0.465 e. The minimum absolute atomic E-state index is 0.205. The third-order valence-corrected chi connectivity index (χ3v) is 3.54. The molecule has 2 aromatic rings. The maximum atomic E-state index is 11.4. The number of nitriles is 1. The zero-order valence-electron chi connectivity index (χ0n) is 10.9. The first-order valence-electron chi connectivity index (χ1n) is 5.80. The fourth-order valence-electron chi connectivity index (χ4n) is 1.72. The number of aromatic nitrogens is 2. The number of rotatable bonds is 3. The first-order chi connectivity index (χ1) is 10.0. The van der Waals surface area contributed by atoms with Crippen molar-refractivity contribution < 1.29 is 9.53 Å². The van der Waals surface area contributed by atoms with Gasteiger partial charge in [-0.2, -0.15) is 10.4 Å². The van der Waals surface area contributed by atoms with Crippen molar-refractivity contribution in [3.63, 3.8) is 0 Å². The second-order valence-electron chi connectivity index (χ2n) is 4.08. The normalized spacial score (nSPS) is 13.0. The summed E-state index contributed by atoms with van der Waals surface area (Å²) in [6.07, 6.45) is 0. The van der Waals surface area contributed by atoms with Crippen LogP contribution in [0.4, 0.5) is 0 Å². The number of esters is 1. The van der Waals surface area contributed by atoms with Crippen LogP contribution in [0.3, 0.4) is 0 Å². The number of carbonyl (C=O) groups excluding carboxylic acids is 1. The zero-order chi connectivity index (χ0) is 15.5. The van der Waals surface area contributed by atoms with Crippen molar-refractivity contribution in [2.45, 2.75) is 4.87 Å². The summed E-state index contributed by atoms with van der Waals surface area (Å²) in [5.74, 6) is -0.468. The Bertz CT molecular complexity index is 696. The second kappa shape index (κ2) is 6.08. The minimum atomic E-state index is -1.51.